The van der Waals surface area contributed by atoms with Gasteiger partial charge in [0.25, 0.3) is 5.89 Å². The van der Waals surface area contributed by atoms with E-state index in [9.17, 15) is 0 Å². The maximum Gasteiger partial charge on any atom is 0.258 e. The molecule has 2 N–H and O–H groups in total. The lowest BCUT2D eigenvalue weighted by molar-refractivity contribution is 0.425. The lowest BCUT2D eigenvalue weighted by Crippen LogP contribution is -1.89. The molecule has 0 fully saturated rings. The van der Waals surface area contributed by atoms with Gasteiger partial charge in [-0.15, -0.1) is 0 Å². The summed E-state index contributed by atoms with van der Waals surface area (Å²) in [6, 6.07) is 3.49. The third-order valence-electron chi connectivity index (χ3n) is 1.77. The van der Waals surface area contributed by atoms with Crippen molar-refractivity contribution >= 4 is 17.6 Å². The molecule has 2 aromatic rings. The van der Waals surface area contributed by atoms with Gasteiger partial charge >= 0.3 is 0 Å². The highest BCUT2D eigenvalue weighted by atomic mass is 32.2. The predicted molar refractivity (Wildman–Crippen MR) is 59.2 cm³/mol. The van der Waals surface area contributed by atoms with Crippen molar-refractivity contribution in [2.45, 2.75) is 5.75 Å². The third-order valence-corrected chi connectivity index (χ3v) is 2.32. The molecule has 0 aromatic carbocycles. The fourth-order valence-electron chi connectivity index (χ4n) is 1.14. The normalized spacial score (nSPS) is 10.5. The minimum atomic E-state index is 0.442. The molecule has 0 spiro atoms. The fraction of sp³-hybridized carbons (Fsp3) is 0.222. The molecule has 6 heteroatoms. The number of anilines is 1. The van der Waals surface area contributed by atoms with Crippen molar-refractivity contribution in [1.82, 2.24) is 15.1 Å². The van der Waals surface area contributed by atoms with Gasteiger partial charge in [-0.1, -0.05) is 5.16 Å². The van der Waals surface area contributed by atoms with Crippen LogP contribution in [0.2, 0.25) is 0 Å². The zero-order valence-electron chi connectivity index (χ0n) is 8.17. The molecular formula is C9H10N4OS. The van der Waals surface area contributed by atoms with Gasteiger partial charge in [0.1, 0.15) is 5.82 Å². The van der Waals surface area contributed by atoms with Crippen molar-refractivity contribution in [1.29, 1.82) is 0 Å². The Kier molecular flexibility index (Phi) is 2.86. The zero-order valence-corrected chi connectivity index (χ0v) is 8.99. The van der Waals surface area contributed by atoms with E-state index in [0.29, 0.717) is 17.5 Å². The van der Waals surface area contributed by atoms with E-state index in [4.69, 9.17) is 10.3 Å². The van der Waals surface area contributed by atoms with E-state index in [1.54, 1.807) is 30.1 Å². The summed E-state index contributed by atoms with van der Waals surface area (Å²) >= 11 is 1.64. The Morgan fingerprint density at radius 3 is 3.13 bits per heavy atom. The standard InChI is InChI=1S/C9H10N4OS/c1-15-5-8-12-9(14-13-8)6-2-3-11-7(10)4-6/h2-4H,5H2,1H3,(H2,10,11). The molecular weight excluding hydrogens is 212 g/mol. The second-order valence-electron chi connectivity index (χ2n) is 2.92. The number of rotatable bonds is 3. The first-order chi connectivity index (χ1) is 7.29. The summed E-state index contributed by atoms with van der Waals surface area (Å²) in [5.74, 6) is 2.35. The molecule has 0 radical (unpaired) electrons. The van der Waals surface area contributed by atoms with Crippen LogP contribution in [0.25, 0.3) is 11.5 Å². The highest BCUT2D eigenvalue weighted by molar-refractivity contribution is 7.97. The zero-order chi connectivity index (χ0) is 10.7. The average Bonchev–Trinajstić information content (AvgIpc) is 2.67. The largest absolute Gasteiger partial charge is 0.384 e. The molecule has 5 nitrogen and oxygen atoms in total. The Hall–Kier alpha value is -1.56. The minimum Gasteiger partial charge on any atom is -0.384 e. The SMILES string of the molecule is CSCc1noc(-c2ccnc(N)c2)n1. The molecule has 0 aliphatic heterocycles. The van der Waals surface area contributed by atoms with Crippen molar-refractivity contribution in [2.75, 3.05) is 12.0 Å². The van der Waals surface area contributed by atoms with Crippen LogP contribution in [0.15, 0.2) is 22.9 Å². The van der Waals surface area contributed by atoms with Crippen LogP contribution < -0.4 is 5.73 Å². The van der Waals surface area contributed by atoms with Gasteiger partial charge < -0.3 is 10.3 Å². The van der Waals surface area contributed by atoms with E-state index >= 15 is 0 Å². The molecule has 0 amide bonds. The topological polar surface area (TPSA) is 77.8 Å². The number of thioether (sulfide) groups is 1. The van der Waals surface area contributed by atoms with Crippen LogP contribution in [0.5, 0.6) is 0 Å². The number of aromatic nitrogens is 3. The van der Waals surface area contributed by atoms with Crippen molar-refractivity contribution in [3.63, 3.8) is 0 Å². The van der Waals surface area contributed by atoms with Crippen LogP contribution in [0.1, 0.15) is 5.82 Å². The Balaban J connectivity index is 2.29. The minimum absolute atomic E-state index is 0.442. The van der Waals surface area contributed by atoms with Crippen LogP contribution in [0.4, 0.5) is 5.82 Å². The molecule has 0 bridgehead atoms. The van der Waals surface area contributed by atoms with Gasteiger partial charge in [0.2, 0.25) is 0 Å². The van der Waals surface area contributed by atoms with E-state index in [0.717, 1.165) is 11.3 Å². The van der Waals surface area contributed by atoms with Crippen molar-refractivity contribution in [2.24, 2.45) is 0 Å². The maximum absolute atomic E-state index is 5.56. The van der Waals surface area contributed by atoms with Gasteiger partial charge in [-0.05, 0) is 18.4 Å². The first kappa shape index (κ1) is 9.97. The van der Waals surface area contributed by atoms with E-state index < -0.39 is 0 Å². The molecule has 0 atom stereocenters. The monoisotopic (exact) mass is 222 g/mol. The number of hydrogen-bond donors (Lipinski definition) is 1. The van der Waals surface area contributed by atoms with Crippen molar-refractivity contribution in [3.8, 4) is 11.5 Å². The second-order valence-corrected chi connectivity index (χ2v) is 3.78. The molecule has 0 unspecified atom stereocenters. The Bertz CT molecular complexity index is 457. The maximum atomic E-state index is 5.56. The smallest absolute Gasteiger partial charge is 0.258 e. The van der Waals surface area contributed by atoms with Crippen LogP contribution in [0, 0.1) is 0 Å². The van der Waals surface area contributed by atoms with Gasteiger partial charge in [0, 0.05) is 11.8 Å². The van der Waals surface area contributed by atoms with Crippen LogP contribution in [0.3, 0.4) is 0 Å². The summed E-state index contributed by atoms with van der Waals surface area (Å²) in [5.41, 5.74) is 6.35. The summed E-state index contributed by atoms with van der Waals surface area (Å²) in [5, 5.41) is 3.84. The lowest BCUT2D eigenvalue weighted by atomic mass is 10.2. The summed E-state index contributed by atoms with van der Waals surface area (Å²) in [6.07, 6.45) is 3.60. The Morgan fingerprint density at radius 1 is 1.53 bits per heavy atom. The Morgan fingerprint density at radius 2 is 2.40 bits per heavy atom. The van der Waals surface area contributed by atoms with E-state index in [-0.39, 0.29) is 0 Å². The average molecular weight is 222 g/mol. The predicted octanol–water partition coefficient (Wildman–Crippen LogP) is 1.58. The van der Waals surface area contributed by atoms with Gasteiger partial charge in [0.05, 0.1) is 5.75 Å². The van der Waals surface area contributed by atoms with E-state index in [1.807, 2.05) is 6.26 Å². The second kappa shape index (κ2) is 4.31. The molecule has 0 saturated carbocycles. The van der Waals surface area contributed by atoms with Crippen LogP contribution in [-0.2, 0) is 5.75 Å². The number of hydrogen-bond acceptors (Lipinski definition) is 6. The summed E-state index contributed by atoms with van der Waals surface area (Å²) in [6.45, 7) is 0. The summed E-state index contributed by atoms with van der Waals surface area (Å²) in [7, 11) is 0. The summed E-state index contributed by atoms with van der Waals surface area (Å²) < 4.78 is 5.10. The Labute approximate surface area is 91.1 Å². The van der Waals surface area contributed by atoms with Gasteiger partial charge in [0.15, 0.2) is 5.82 Å². The molecule has 0 saturated heterocycles. The molecule has 15 heavy (non-hydrogen) atoms. The van der Waals surface area contributed by atoms with Crippen LogP contribution in [-0.4, -0.2) is 21.4 Å². The molecule has 78 valence electrons. The number of pyridine rings is 1. The molecule has 0 aliphatic rings. The lowest BCUT2D eigenvalue weighted by Gasteiger charge is -1.94. The highest BCUT2D eigenvalue weighted by Gasteiger charge is 2.08. The van der Waals surface area contributed by atoms with Crippen molar-refractivity contribution < 1.29 is 4.52 Å². The number of nitrogen functional groups attached to an aromatic ring is 1. The molecule has 0 aliphatic carbocycles. The molecule has 2 aromatic heterocycles. The van der Waals surface area contributed by atoms with Crippen molar-refractivity contribution in [3.05, 3.63) is 24.2 Å². The first-order valence-corrected chi connectivity index (χ1v) is 5.72. The highest BCUT2D eigenvalue weighted by Crippen LogP contribution is 2.18. The van der Waals surface area contributed by atoms with E-state index in [1.165, 1.54) is 0 Å². The molecule has 2 rings (SSSR count). The van der Waals surface area contributed by atoms with Gasteiger partial charge in [-0.2, -0.15) is 16.7 Å². The number of nitrogens with zero attached hydrogens (tertiary/aromatic N) is 3. The number of nitrogens with two attached hydrogens (primary N) is 1. The quantitative estimate of drug-likeness (QED) is 0.849. The fourth-order valence-corrected chi connectivity index (χ4v) is 1.52. The molecule has 2 heterocycles. The van der Waals surface area contributed by atoms with Crippen LogP contribution >= 0.6 is 11.8 Å². The first-order valence-electron chi connectivity index (χ1n) is 4.33. The third kappa shape index (κ3) is 2.27. The summed E-state index contributed by atoms with van der Waals surface area (Å²) in [4.78, 5) is 8.12. The van der Waals surface area contributed by atoms with E-state index in [2.05, 4.69) is 15.1 Å². The van der Waals surface area contributed by atoms with Gasteiger partial charge in [-0.25, -0.2) is 4.98 Å². The van der Waals surface area contributed by atoms with Gasteiger partial charge in [-0.3, -0.25) is 0 Å².